The quantitative estimate of drug-likeness (QED) is 0.812. The zero-order chi connectivity index (χ0) is 15.2. The van der Waals surface area contributed by atoms with Crippen molar-refractivity contribution in [1.29, 1.82) is 0 Å². The van der Waals surface area contributed by atoms with E-state index in [4.69, 9.17) is 4.74 Å². The summed E-state index contributed by atoms with van der Waals surface area (Å²) in [7, 11) is 0. The summed E-state index contributed by atoms with van der Waals surface area (Å²) in [5.74, 6) is 0.627. The van der Waals surface area contributed by atoms with Gasteiger partial charge in [0.2, 0.25) is 0 Å². The lowest BCUT2D eigenvalue weighted by molar-refractivity contribution is 0.0131. The van der Waals surface area contributed by atoms with Gasteiger partial charge in [-0.25, -0.2) is 0 Å². The first kappa shape index (κ1) is 14.3. The summed E-state index contributed by atoms with van der Waals surface area (Å²) in [6.45, 7) is 8.00. The smallest absolute Gasteiger partial charge is 0.269 e. The molecule has 2 N–H and O–H groups in total. The van der Waals surface area contributed by atoms with E-state index >= 15 is 0 Å². The standard InChI is InChI=1S/C14H22N4O3/c1-9-8-21-5-4-17(9)12-6-10-13(19)15-7-11(14(2,3)20)18(10)16-12/h6,9,11,20H,4-5,7-8H2,1-3H3,(H,15,19)/t9-,11+/m1/s1. The van der Waals surface area contributed by atoms with E-state index in [0.29, 0.717) is 25.5 Å². The number of ether oxygens (including phenoxy) is 1. The van der Waals surface area contributed by atoms with Crippen molar-refractivity contribution in [2.75, 3.05) is 31.2 Å². The summed E-state index contributed by atoms with van der Waals surface area (Å²) >= 11 is 0. The maximum absolute atomic E-state index is 12.0. The van der Waals surface area contributed by atoms with Crippen LogP contribution in [-0.4, -0.2) is 58.7 Å². The second kappa shape index (κ2) is 4.99. The second-order valence-corrected chi connectivity index (χ2v) is 6.33. The van der Waals surface area contributed by atoms with E-state index < -0.39 is 5.60 Å². The molecule has 2 atom stereocenters. The molecule has 1 amide bonds. The van der Waals surface area contributed by atoms with Crippen molar-refractivity contribution in [2.45, 2.75) is 38.5 Å². The van der Waals surface area contributed by atoms with Gasteiger partial charge in [0.1, 0.15) is 5.69 Å². The Morgan fingerprint density at radius 1 is 1.52 bits per heavy atom. The number of carbonyl (C=O) groups is 1. The zero-order valence-corrected chi connectivity index (χ0v) is 12.7. The van der Waals surface area contributed by atoms with Gasteiger partial charge in [-0.15, -0.1) is 0 Å². The fourth-order valence-corrected chi connectivity index (χ4v) is 2.91. The lowest BCUT2D eigenvalue weighted by Gasteiger charge is -2.34. The van der Waals surface area contributed by atoms with Gasteiger partial charge in [0.05, 0.1) is 30.9 Å². The van der Waals surface area contributed by atoms with E-state index in [1.165, 1.54) is 0 Å². The van der Waals surface area contributed by atoms with Gasteiger partial charge in [0.15, 0.2) is 5.82 Å². The second-order valence-electron chi connectivity index (χ2n) is 6.33. The highest BCUT2D eigenvalue weighted by Gasteiger charge is 2.37. The van der Waals surface area contributed by atoms with Gasteiger partial charge in [-0.05, 0) is 20.8 Å². The van der Waals surface area contributed by atoms with Crippen LogP contribution < -0.4 is 10.2 Å². The largest absolute Gasteiger partial charge is 0.388 e. The van der Waals surface area contributed by atoms with E-state index in [9.17, 15) is 9.90 Å². The number of aromatic nitrogens is 2. The average Bonchev–Trinajstić information content (AvgIpc) is 2.83. The monoisotopic (exact) mass is 294 g/mol. The molecule has 3 rings (SSSR count). The van der Waals surface area contributed by atoms with Crippen molar-refractivity contribution in [3.8, 4) is 0 Å². The summed E-state index contributed by atoms with van der Waals surface area (Å²) in [5, 5.41) is 17.7. The Balaban J connectivity index is 1.98. The van der Waals surface area contributed by atoms with Crippen LogP contribution in [0.3, 0.4) is 0 Å². The summed E-state index contributed by atoms with van der Waals surface area (Å²) < 4.78 is 7.10. The first-order valence-electron chi connectivity index (χ1n) is 7.32. The molecule has 21 heavy (non-hydrogen) atoms. The van der Waals surface area contributed by atoms with Gasteiger partial charge >= 0.3 is 0 Å². The van der Waals surface area contributed by atoms with Crippen molar-refractivity contribution < 1.29 is 14.6 Å². The van der Waals surface area contributed by atoms with Crippen molar-refractivity contribution in [3.05, 3.63) is 11.8 Å². The Morgan fingerprint density at radius 2 is 2.29 bits per heavy atom. The van der Waals surface area contributed by atoms with Crippen LogP contribution >= 0.6 is 0 Å². The molecule has 7 heteroatoms. The van der Waals surface area contributed by atoms with Crippen molar-refractivity contribution >= 4 is 11.7 Å². The molecule has 0 aromatic carbocycles. The third kappa shape index (κ3) is 2.51. The summed E-state index contributed by atoms with van der Waals surface area (Å²) in [6, 6.07) is 1.75. The number of hydrogen-bond acceptors (Lipinski definition) is 5. The molecule has 0 bridgehead atoms. The molecule has 0 saturated carbocycles. The molecule has 3 heterocycles. The third-order valence-electron chi connectivity index (χ3n) is 4.18. The Hall–Kier alpha value is -1.60. The maximum atomic E-state index is 12.0. The third-order valence-corrected chi connectivity index (χ3v) is 4.18. The molecule has 2 aliphatic heterocycles. The van der Waals surface area contributed by atoms with Gasteiger partial charge in [-0.1, -0.05) is 0 Å². The molecule has 7 nitrogen and oxygen atoms in total. The number of morpholine rings is 1. The lowest BCUT2D eigenvalue weighted by Crippen LogP contribution is -2.48. The molecule has 1 aromatic rings. The van der Waals surface area contributed by atoms with Crippen LogP contribution in [0.1, 0.15) is 37.3 Å². The SMILES string of the molecule is C[C@@H]1COCCN1c1cc2n(n1)[C@H](C(C)(C)O)CNC2=O. The molecule has 0 radical (unpaired) electrons. The topological polar surface area (TPSA) is 79.6 Å². The summed E-state index contributed by atoms with van der Waals surface area (Å²) in [4.78, 5) is 14.2. The van der Waals surface area contributed by atoms with Crippen LogP contribution in [0, 0.1) is 0 Å². The molecule has 2 aliphatic rings. The minimum absolute atomic E-state index is 0.143. The normalized spacial score (nSPS) is 26.5. The first-order valence-corrected chi connectivity index (χ1v) is 7.32. The number of aliphatic hydroxyl groups is 1. The molecule has 0 aliphatic carbocycles. The number of nitrogens with one attached hydrogen (secondary N) is 1. The predicted molar refractivity (Wildman–Crippen MR) is 77.5 cm³/mol. The minimum atomic E-state index is -0.956. The van der Waals surface area contributed by atoms with E-state index in [1.54, 1.807) is 24.6 Å². The fraction of sp³-hybridized carbons (Fsp3) is 0.714. The highest BCUT2D eigenvalue weighted by Crippen LogP contribution is 2.29. The van der Waals surface area contributed by atoms with Gasteiger partial charge < -0.3 is 20.1 Å². The molecular formula is C14H22N4O3. The Labute approximate surface area is 123 Å². The predicted octanol–water partition coefficient (Wildman–Crippen LogP) is 0.164. The van der Waals surface area contributed by atoms with Crippen LogP contribution in [0.4, 0.5) is 5.82 Å². The van der Waals surface area contributed by atoms with Crippen LogP contribution in [0.5, 0.6) is 0 Å². The minimum Gasteiger partial charge on any atom is -0.388 e. The Morgan fingerprint density at radius 3 is 2.95 bits per heavy atom. The molecule has 116 valence electrons. The van der Waals surface area contributed by atoms with Crippen molar-refractivity contribution in [1.82, 2.24) is 15.1 Å². The van der Waals surface area contributed by atoms with Crippen LogP contribution in [-0.2, 0) is 4.74 Å². The van der Waals surface area contributed by atoms with E-state index in [1.807, 2.05) is 0 Å². The highest BCUT2D eigenvalue weighted by molar-refractivity contribution is 5.94. The number of carbonyl (C=O) groups excluding carboxylic acids is 1. The zero-order valence-electron chi connectivity index (χ0n) is 12.7. The summed E-state index contributed by atoms with van der Waals surface area (Å²) in [5.41, 5.74) is -0.454. The number of hydrogen-bond donors (Lipinski definition) is 2. The highest BCUT2D eigenvalue weighted by atomic mass is 16.5. The molecule has 1 fully saturated rings. The van der Waals surface area contributed by atoms with E-state index in [2.05, 4.69) is 22.2 Å². The van der Waals surface area contributed by atoms with E-state index in [0.717, 1.165) is 12.4 Å². The number of rotatable bonds is 2. The average molecular weight is 294 g/mol. The Bertz CT molecular complexity index is 549. The van der Waals surface area contributed by atoms with Gasteiger partial charge in [0.25, 0.3) is 5.91 Å². The van der Waals surface area contributed by atoms with E-state index in [-0.39, 0.29) is 18.0 Å². The maximum Gasteiger partial charge on any atom is 0.269 e. The van der Waals surface area contributed by atoms with Crippen LogP contribution in [0.15, 0.2) is 6.07 Å². The number of fused-ring (bicyclic) bond motifs is 1. The van der Waals surface area contributed by atoms with Crippen molar-refractivity contribution in [3.63, 3.8) is 0 Å². The molecule has 0 spiro atoms. The van der Waals surface area contributed by atoms with Gasteiger partial charge in [0, 0.05) is 19.2 Å². The molecule has 1 aromatic heterocycles. The fourth-order valence-electron chi connectivity index (χ4n) is 2.91. The molecule has 0 unspecified atom stereocenters. The molecule has 1 saturated heterocycles. The van der Waals surface area contributed by atoms with Crippen LogP contribution in [0.25, 0.3) is 0 Å². The lowest BCUT2D eigenvalue weighted by atomic mass is 9.97. The Kier molecular flexibility index (Phi) is 3.41. The first-order chi connectivity index (χ1) is 9.88. The number of amides is 1. The van der Waals surface area contributed by atoms with Gasteiger partial charge in [-0.2, -0.15) is 5.10 Å². The van der Waals surface area contributed by atoms with Gasteiger partial charge in [-0.3, -0.25) is 9.48 Å². The van der Waals surface area contributed by atoms with Crippen LogP contribution in [0.2, 0.25) is 0 Å². The number of anilines is 1. The summed E-state index contributed by atoms with van der Waals surface area (Å²) in [6.07, 6.45) is 0. The number of nitrogens with zero attached hydrogens (tertiary/aromatic N) is 3. The molecular weight excluding hydrogens is 272 g/mol. The van der Waals surface area contributed by atoms with Crippen molar-refractivity contribution in [2.24, 2.45) is 0 Å².